The van der Waals surface area contributed by atoms with E-state index in [4.69, 9.17) is 0 Å². The van der Waals surface area contributed by atoms with Crippen LogP contribution in [0.3, 0.4) is 0 Å². The summed E-state index contributed by atoms with van der Waals surface area (Å²) >= 11 is 0. The van der Waals surface area contributed by atoms with Gasteiger partial charge in [-0.2, -0.15) is 13.2 Å². The number of aryl methyl sites for hydroxylation is 1. The molecule has 1 amide bonds. The summed E-state index contributed by atoms with van der Waals surface area (Å²) in [5.74, 6) is -0.165. The van der Waals surface area contributed by atoms with Crippen LogP contribution in [0.2, 0.25) is 0 Å². The largest absolute Gasteiger partial charge is 0.416 e. The number of anilines is 2. The Balaban J connectivity index is 1.60. The molecule has 166 valence electrons. The fourth-order valence-corrected chi connectivity index (χ4v) is 3.53. The highest BCUT2D eigenvalue weighted by molar-refractivity contribution is 5.92. The van der Waals surface area contributed by atoms with Gasteiger partial charge in [0.2, 0.25) is 5.91 Å². The predicted octanol–water partition coefficient (Wildman–Crippen LogP) is 3.94. The molecule has 2 aromatic rings. The maximum absolute atomic E-state index is 12.9. The Labute approximate surface area is 177 Å². The van der Waals surface area contributed by atoms with Gasteiger partial charge in [0.1, 0.15) is 5.69 Å². The van der Waals surface area contributed by atoms with Crippen LogP contribution in [0.1, 0.15) is 18.1 Å². The minimum absolute atomic E-state index is 0.151. The van der Waals surface area contributed by atoms with Crippen molar-refractivity contribution in [1.29, 1.82) is 0 Å². The molecule has 0 aromatic heterocycles. The van der Waals surface area contributed by atoms with Crippen LogP contribution in [0.5, 0.6) is 0 Å². The van der Waals surface area contributed by atoms with Crippen molar-refractivity contribution in [3.05, 3.63) is 63.7 Å². The lowest BCUT2D eigenvalue weighted by Crippen LogP contribution is -2.48. The highest BCUT2D eigenvalue weighted by Crippen LogP contribution is 2.36. The molecular formula is C21H23F3N4O3. The van der Waals surface area contributed by atoms with Gasteiger partial charge in [-0.15, -0.1) is 0 Å². The molecule has 1 heterocycles. The topological polar surface area (TPSA) is 78.7 Å². The lowest BCUT2D eigenvalue weighted by atomic mass is 10.1. The smallest absolute Gasteiger partial charge is 0.363 e. The number of piperazine rings is 1. The van der Waals surface area contributed by atoms with Gasteiger partial charge in [0.05, 0.1) is 17.0 Å². The molecule has 1 saturated heterocycles. The summed E-state index contributed by atoms with van der Waals surface area (Å²) in [6, 6.07) is 10.2. The molecule has 0 radical (unpaired) electrons. The first-order valence-corrected chi connectivity index (χ1v) is 9.89. The number of nitro groups is 1. The zero-order valence-corrected chi connectivity index (χ0v) is 17.0. The Hall–Kier alpha value is -3.14. The Morgan fingerprint density at radius 2 is 1.84 bits per heavy atom. The second-order valence-electron chi connectivity index (χ2n) is 7.32. The first-order valence-electron chi connectivity index (χ1n) is 9.89. The number of carbonyl (C=O) groups excluding carboxylic acids is 1. The van der Waals surface area contributed by atoms with Crippen LogP contribution in [0.15, 0.2) is 42.5 Å². The molecule has 3 rings (SSSR count). The van der Waals surface area contributed by atoms with E-state index in [1.165, 1.54) is 0 Å². The third kappa shape index (κ3) is 5.72. The van der Waals surface area contributed by atoms with Crippen molar-refractivity contribution in [2.75, 3.05) is 42.9 Å². The van der Waals surface area contributed by atoms with Gasteiger partial charge in [-0.25, -0.2) is 0 Å². The minimum atomic E-state index is -4.65. The third-order valence-corrected chi connectivity index (χ3v) is 5.20. The van der Waals surface area contributed by atoms with Crippen molar-refractivity contribution in [2.24, 2.45) is 0 Å². The summed E-state index contributed by atoms with van der Waals surface area (Å²) in [5.41, 5.74) is 0.369. The zero-order chi connectivity index (χ0) is 22.6. The summed E-state index contributed by atoms with van der Waals surface area (Å²) in [6.07, 6.45) is -3.78. The highest BCUT2D eigenvalue weighted by atomic mass is 19.4. The van der Waals surface area contributed by atoms with Crippen molar-refractivity contribution in [3.63, 3.8) is 0 Å². The number of nitro benzene ring substituents is 1. The molecule has 31 heavy (non-hydrogen) atoms. The predicted molar refractivity (Wildman–Crippen MR) is 111 cm³/mol. The van der Waals surface area contributed by atoms with E-state index in [-0.39, 0.29) is 18.1 Å². The van der Waals surface area contributed by atoms with Gasteiger partial charge in [0.25, 0.3) is 5.69 Å². The van der Waals surface area contributed by atoms with Crippen LogP contribution in [0.25, 0.3) is 0 Å². The number of nitrogens with zero attached hydrogens (tertiary/aromatic N) is 3. The third-order valence-electron chi connectivity index (χ3n) is 5.20. The number of benzene rings is 2. The van der Waals surface area contributed by atoms with Crippen LogP contribution < -0.4 is 10.2 Å². The Kier molecular flexibility index (Phi) is 6.79. The monoisotopic (exact) mass is 436 g/mol. The molecule has 1 fully saturated rings. The molecule has 10 heteroatoms. The van der Waals surface area contributed by atoms with Crippen molar-refractivity contribution in [2.45, 2.75) is 19.5 Å². The van der Waals surface area contributed by atoms with E-state index in [9.17, 15) is 28.1 Å². The number of halogens is 3. The average Bonchev–Trinajstić information content (AvgIpc) is 2.73. The lowest BCUT2D eigenvalue weighted by Gasteiger charge is -2.35. The molecule has 1 N–H and O–H groups in total. The summed E-state index contributed by atoms with van der Waals surface area (Å²) in [6.45, 7) is 3.84. The van der Waals surface area contributed by atoms with Crippen LogP contribution >= 0.6 is 0 Å². The molecule has 0 saturated carbocycles. The summed E-state index contributed by atoms with van der Waals surface area (Å²) in [5, 5.41) is 14.2. The van der Waals surface area contributed by atoms with Crippen molar-refractivity contribution < 1.29 is 22.9 Å². The molecule has 7 nitrogen and oxygen atoms in total. The van der Waals surface area contributed by atoms with E-state index in [1.807, 2.05) is 36.1 Å². The van der Waals surface area contributed by atoms with Gasteiger partial charge in [0.15, 0.2) is 0 Å². The van der Waals surface area contributed by atoms with Gasteiger partial charge in [-0.05, 0) is 36.2 Å². The van der Waals surface area contributed by atoms with E-state index >= 15 is 0 Å². The zero-order valence-electron chi connectivity index (χ0n) is 17.0. The number of amides is 1. The van der Waals surface area contributed by atoms with Gasteiger partial charge in [-0.1, -0.05) is 19.1 Å². The van der Waals surface area contributed by atoms with E-state index in [0.717, 1.165) is 29.8 Å². The first kappa shape index (κ1) is 22.5. The lowest BCUT2D eigenvalue weighted by molar-refractivity contribution is -0.384. The number of nitrogens with one attached hydrogen (secondary N) is 1. The van der Waals surface area contributed by atoms with E-state index in [0.29, 0.717) is 32.2 Å². The van der Waals surface area contributed by atoms with Crippen molar-refractivity contribution >= 4 is 23.0 Å². The molecule has 0 spiro atoms. The number of hydrogen-bond acceptors (Lipinski definition) is 5. The average molecular weight is 436 g/mol. The fraction of sp³-hybridized carbons (Fsp3) is 0.381. The second-order valence-corrected chi connectivity index (χ2v) is 7.32. The van der Waals surface area contributed by atoms with Crippen LogP contribution in [0, 0.1) is 10.1 Å². The standard InChI is InChI=1S/C21H23F3N4O3/c1-2-15-4-3-5-17(12-15)25-20(29)14-26-8-10-27(11-9-26)18-7-6-16(21(22,23)24)13-19(18)28(30)31/h3-7,12-13H,2,8-11,14H2,1H3,(H,25,29). The first-order chi connectivity index (χ1) is 14.7. The number of rotatable bonds is 6. The minimum Gasteiger partial charge on any atom is -0.363 e. The Morgan fingerprint density at radius 1 is 1.13 bits per heavy atom. The maximum atomic E-state index is 12.9. The second kappa shape index (κ2) is 9.34. The normalized spacial score (nSPS) is 15.0. The van der Waals surface area contributed by atoms with E-state index < -0.39 is 22.4 Å². The fourth-order valence-electron chi connectivity index (χ4n) is 3.53. The molecule has 0 bridgehead atoms. The van der Waals surface area contributed by atoms with Gasteiger partial charge < -0.3 is 10.2 Å². The quantitative estimate of drug-likeness (QED) is 0.548. The SMILES string of the molecule is CCc1cccc(NC(=O)CN2CCN(c3ccc(C(F)(F)F)cc3[N+](=O)[O-])CC2)c1. The summed E-state index contributed by atoms with van der Waals surface area (Å²) in [4.78, 5) is 26.5. The Bertz CT molecular complexity index is 957. The molecule has 1 aliphatic heterocycles. The van der Waals surface area contributed by atoms with Crippen molar-refractivity contribution in [1.82, 2.24) is 4.90 Å². The van der Waals surface area contributed by atoms with Gasteiger partial charge in [-0.3, -0.25) is 19.8 Å². The van der Waals surface area contributed by atoms with Crippen LogP contribution in [0.4, 0.5) is 30.2 Å². The van der Waals surface area contributed by atoms with Gasteiger partial charge in [0, 0.05) is 37.9 Å². The number of alkyl halides is 3. The molecule has 1 aliphatic rings. The number of hydrogen-bond donors (Lipinski definition) is 1. The maximum Gasteiger partial charge on any atom is 0.416 e. The molecule has 2 aromatic carbocycles. The van der Waals surface area contributed by atoms with E-state index in [1.54, 1.807) is 4.90 Å². The highest BCUT2D eigenvalue weighted by Gasteiger charge is 2.34. The molecule has 0 atom stereocenters. The van der Waals surface area contributed by atoms with Gasteiger partial charge >= 0.3 is 6.18 Å². The molecule has 0 aliphatic carbocycles. The summed E-state index contributed by atoms with van der Waals surface area (Å²) < 4.78 is 38.7. The van der Waals surface area contributed by atoms with E-state index in [2.05, 4.69) is 5.32 Å². The number of carbonyl (C=O) groups is 1. The molecular weight excluding hydrogens is 413 g/mol. The van der Waals surface area contributed by atoms with Crippen molar-refractivity contribution in [3.8, 4) is 0 Å². The van der Waals surface area contributed by atoms with Crippen LogP contribution in [-0.2, 0) is 17.4 Å². The Morgan fingerprint density at radius 3 is 2.45 bits per heavy atom. The summed E-state index contributed by atoms with van der Waals surface area (Å²) in [7, 11) is 0. The molecule has 0 unspecified atom stereocenters. The van der Waals surface area contributed by atoms with Crippen LogP contribution in [-0.4, -0.2) is 48.5 Å².